The molecule has 198 valence electrons. The molecule has 8 nitrogen and oxygen atoms in total. The topological polar surface area (TPSA) is 96.0 Å². The van der Waals surface area contributed by atoms with Crippen molar-refractivity contribution in [3.8, 4) is 5.75 Å². The molecule has 0 spiro atoms. The summed E-state index contributed by atoms with van der Waals surface area (Å²) in [4.78, 5) is 26.7. The van der Waals surface area contributed by atoms with Gasteiger partial charge in [0.05, 0.1) is 24.6 Å². The molecule has 0 heterocycles. The first-order valence-electron chi connectivity index (χ1n) is 11.1. The average molecular weight is 530 g/mol. The fraction of sp³-hybridized carbons (Fsp3) is 0.417. The third kappa shape index (κ3) is 7.87. The maximum absolute atomic E-state index is 13.1. The van der Waals surface area contributed by atoms with E-state index in [1.807, 2.05) is 0 Å². The lowest BCUT2D eigenvalue weighted by atomic mass is 10.1. The summed E-state index contributed by atoms with van der Waals surface area (Å²) in [7, 11) is -0.944. The summed E-state index contributed by atoms with van der Waals surface area (Å²) in [6.07, 6.45) is -3.84. The highest BCUT2D eigenvalue weighted by atomic mass is 32.2. The Bertz CT molecular complexity index is 1150. The number of anilines is 1. The maximum atomic E-state index is 13.1. The number of benzene rings is 2. The quantitative estimate of drug-likeness (QED) is 0.481. The van der Waals surface area contributed by atoms with E-state index in [-0.39, 0.29) is 37.5 Å². The number of hydrogen-bond donors (Lipinski definition) is 1. The fourth-order valence-corrected chi connectivity index (χ4v) is 4.52. The van der Waals surface area contributed by atoms with E-state index in [9.17, 15) is 31.2 Å². The van der Waals surface area contributed by atoms with E-state index in [1.165, 1.54) is 25.1 Å². The lowest BCUT2D eigenvalue weighted by molar-refractivity contribution is -0.140. The fourth-order valence-electron chi connectivity index (χ4n) is 3.56. The lowest BCUT2D eigenvalue weighted by Gasteiger charge is -2.29. The molecule has 0 saturated carbocycles. The molecule has 1 N–H and O–H groups in total. The van der Waals surface area contributed by atoms with Gasteiger partial charge >= 0.3 is 6.18 Å². The molecule has 36 heavy (non-hydrogen) atoms. The number of methoxy groups -OCH3 is 1. The summed E-state index contributed by atoms with van der Waals surface area (Å²) in [6.45, 7) is 1.49. The standard InChI is InChI=1S/C24H30F3N3O5S/c1-17(23(32)28-2)29(16-18-10-12-21(35-3)13-11-18)22(31)9-6-14-30(36(4,33)34)20-8-5-7-19(15-20)24(25,26)27/h5,7-8,10-13,15,17H,6,9,14,16H2,1-4H3,(H,28,32). The van der Waals surface area contributed by atoms with Gasteiger partial charge in [0, 0.05) is 26.6 Å². The first-order valence-corrected chi connectivity index (χ1v) is 12.9. The molecule has 1 atom stereocenters. The van der Waals surface area contributed by atoms with Gasteiger partial charge in [-0.3, -0.25) is 13.9 Å². The van der Waals surface area contributed by atoms with E-state index < -0.39 is 33.7 Å². The summed E-state index contributed by atoms with van der Waals surface area (Å²) in [5.74, 6) is -0.149. The molecule has 0 saturated heterocycles. The summed E-state index contributed by atoms with van der Waals surface area (Å²) < 4.78 is 69.9. The number of alkyl halides is 3. The third-order valence-corrected chi connectivity index (χ3v) is 6.73. The maximum Gasteiger partial charge on any atom is 0.416 e. The van der Waals surface area contributed by atoms with Crippen molar-refractivity contribution in [1.29, 1.82) is 0 Å². The molecule has 0 aromatic heterocycles. The van der Waals surface area contributed by atoms with Crippen molar-refractivity contribution in [2.75, 3.05) is 31.3 Å². The second-order valence-corrected chi connectivity index (χ2v) is 10.1. The van der Waals surface area contributed by atoms with Gasteiger partial charge in [-0.2, -0.15) is 13.2 Å². The molecule has 2 aromatic rings. The van der Waals surface area contributed by atoms with Gasteiger partial charge in [0.1, 0.15) is 11.8 Å². The smallest absolute Gasteiger partial charge is 0.416 e. The SMILES string of the molecule is CNC(=O)C(C)N(Cc1ccc(OC)cc1)C(=O)CCCN(c1cccc(C(F)(F)F)c1)S(C)(=O)=O. The van der Waals surface area contributed by atoms with E-state index in [0.29, 0.717) is 5.75 Å². The zero-order chi connectivity index (χ0) is 27.1. The van der Waals surface area contributed by atoms with Crippen LogP contribution in [0.4, 0.5) is 18.9 Å². The molecule has 0 aliphatic rings. The van der Waals surface area contributed by atoms with Crippen molar-refractivity contribution in [3.63, 3.8) is 0 Å². The minimum absolute atomic E-state index is 0.0295. The van der Waals surface area contributed by atoms with E-state index in [2.05, 4.69) is 5.32 Å². The monoisotopic (exact) mass is 529 g/mol. The molecule has 0 fully saturated rings. The van der Waals surface area contributed by atoms with Crippen LogP contribution in [0.1, 0.15) is 30.9 Å². The van der Waals surface area contributed by atoms with E-state index >= 15 is 0 Å². The molecule has 2 aromatic carbocycles. The van der Waals surface area contributed by atoms with Crippen molar-refractivity contribution in [3.05, 3.63) is 59.7 Å². The number of nitrogens with zero attached hydrogens (tertiary/aromatic N) is 2. The summed E-state index contributed by atoms with van der Waals surface area (Å²) in [6, 6.07) is 10.2. The van der Waals surface area contributed by atoms with Gasteiger partial charge in [0.25, 0.3) is 0 Å². The predicted molar refractivity (Wildman–Crippen MR) is 130 cm³/mol. The zero-order valence-corrected chi connectivity index (χ0v) is 21.3. The number of amides is 2. The van der Waals surface area contributed by atoms with E-state index in [4.69, 9.17) is 4.74 Å². The number of likely N-dealkylation sites (N-methyl/N-ethyl adjacent to an activating group) is 1. The highest BCUT2D eigenvalue weighted by molar-refractivity contribution is 7.92. The van der Waals surface area contributed by atoms with Gasteiger partial charge in [-0.25, -0.2) is 8.42 Å². The molecule has 0 bridgehead atoms. The third-order valence-electron chi connectivity index (χ3n) is 5.54. The lowest BCUT2D eigenvalue weighted by Crippen LogP contribution is -2.46. The molecule has 0 aliphatic carbocycles. The number of ether oxygens (including phenoxy) is 1. The van der Waals surface area contributed by atoms with Gasteiger partial charge in [-0.1, -0.05) is 18.2 Å². The van der Waals surface area contributed by atoms with Crippen molar-refractivity contribution in [2.24, 2.45) is 0 Å². The zero-order valence-electron chi connectivity index (χ0n) is 20.5. The van der Waals surface area contributed by atoms with Crippen LogP contribution in [0.5, 0.6) is 5.75 Å². The van der Waals surface area contributed by atoms with Crippen LogP contribution in [0.25, 0.3) is 0 Å². The van der Waals surface area contributed by atoms with Gasteiger partial charge in [0.2, 0.25) is 21.8 Å². The van der Waals surface area contributed by atoms with Crippen LogP contribution in [-0.2, 0) is 32.3 Å². The molecular weight excluding hydrogens is 499 g/mol. The minimum atomic E-state index is -4.63. The van der Waals surface area contributed by atoms with Gasteiger partial charge in [0.15, 0.2) is 0 Å². The predicted octanol–water partition coefficient (Wildman–Crippen LogP) is 3.42. The highest BCUT2D eigenvalue weighted by Gasteiger charge is 2.32. The summed E-state index contributed by atoms with van der Waals surface area (Å²) >= 11 is 0. The van der Waals surface area contributed by atoms with E-state index in [1.54, 1.807) is 31.2 Å². The summed E-state index contributed by atoms with van der Waals surface area (Å²) in [5.41, 5.74) is -0.370. The Labute approximate surface area is 209 Å². The number of halogens is 3. The Morgan fingerprint density at radius 1 is 1.11 bits per heavy atom. The molecule has 2 amide bonds. The molecule has 0 aliphatic heterocycles. The first kappa shape index (κ1) is 29.0. The van der Waals surface area contributed by atoms with Crippen LogP contribution < -0.4 is 14.4 Å². The van der Waals surface area contributed by atoms with Crippen LogP contribution in [0.2, 0.25) is 0 Å². The van der Waals surface area contributed by atoms with Crippen LogP contribution >= 0.6 is 0 Å². The van der Waals surface area contributed by atoms with Crippen LogP contribution in [-0.4, -0.2) is 58.1 Å². The normalized spacial score (nSPS) is 12.5. The summed E-state index contributed by atoms with van der Waals surface area (Å²) in [5, 5.41) is 2.50. The second-order valence-electron chi connectivity index (χ2n) is 8.15. The van der Waals surface area contributed by atoms with Crippen molar-refractivity contribution >= 4 is 27.5 Å². The van der Waals surface area contributed by atoms with Crippen LogP contribution in [0, 0.1) is 0 Å². The second kappa shape index (κ2) is 12.1. The Hall–Kier alpha value is -3.28. The number of hydrogen-bond acceptors (Lipinski definition) is 5. The van der Waals surface area contributed by atoms with Crippen LogP contribution in [0.15, 0.2) is 48.5 Å². The molecule has 12 heteroatoms. The van der Waals surface area contributed by atoms with Gasteiger partial charge < -0.3 is 15.0 Å². The van der Waals surface area contributed by atoms with Crippen molar-refractivity contribution in [1.82, 2.24) is 10.2 Å². The molecular formula is C24H30F3N3O5S. The van der Waals surface area contributed by atoms with Gasteiger partial charge in [-0.15, -0.1) is 0 Å². The van der Waals surface area contributed by atoms with Crippen LogP contribution in [0.3, 0.4) is 0 Å². The number of carbonyl (C=O) groups is 2. The first-order chi connectivity index (χ1) is 16.8. The van der Waals surface area contributed by atoms with Gasteiger partial charge in [-0.05, 0) is 49.2 Å². The molecule has 1 unspecified atom stereocenters. The number of nitrogens with one attached hydrogen (secondary N) is 1. The largest absolute Gasteiger partial charge is 0.497 e. The van der Waals surface area contributed by atoms with E-state index in [0.717, 1.165) is 34.3 Å². The Morgan fingerprint density at radius 3 is 2.28 bits per heavy atom. The number of rotatable bonds is 11. The number of carbonyl (C=O) groups excluding carboxylic acids is 2. The Kier molecular flexibility index (Phi) is 9.74. The minimum Gasteiger partial charge on any atom is -0.497 e. The number of sulfonamides is 1. The Balaban J connectivity index is 2.19. The molecule has 0 radical (unpaired) electrons. The highest BCUT2D eigenvalue weighted by Crippen LogP contribution is 2.32. The average Bonchev–Trinajstić information content (AvgIpc) is 2.83. The van der Waals surface area contributed by atoms with Crippen molar-refractivity contribution in [2.45, 2.75) is 38.5 Å². The molecule has 2 rings (SSSR count). The van der Waals surface area contributed by atoms with Crippen molar-refractivity contribution < 1.29 is 35.9 Å². The Morgan fingerprint density at radius 2 is 1.75 bits per heavy atom.